The Morgan fingerprint density at radius 2 is 1.65 bits per heavy atom. The summed E-state index contributed by atoms with van der Waals surface area (Å²) in [5.41, 5.74) is 2.58. The van der Waals surface area contributed by atoms with Gasteiger partial charge < -0.3 is 5.11 Å². The van der Waals surface area contributed by atoms with Gasteiger partial charge in [-0.15, -0.1) is 0 Å². The molecule has 2 rings (SSSR count). The van der Waals surface area contributed by atoms with Gasteiger partial charge in [0.05, 0.1) is 4.47 Å². The van der Waals surface area contributed by atoms with E-state index in [9.17, 15) is 9.50 Å². The summed E-state index contributed by atoms with van der Waals surface area (Å²) in [6, 6.07) is 12.5. The molecule has 106 valence electrons. The Morgan fingerprint density at radius 1 is 1.05 bits per heavy atom. The molecule has 3 heteroatoms. The van der Waals surface area contributed by atoms with E-state index >= 15 is 0 Å². The summed E-state index contributed by atoms with van der Waals surface area (Å²) in [6.45, 7) is 4.35. The summed E-state index contributed by atoms with van der Waals surface area (Å²) in [4.78, 5) is 0. The third kappa shape index (κ3) is 3.68. The van der Waals surface area contributed by atoms with Gasteiger partial charge in [0.2, 0.25) is 0 Å². The maximum absolute atomic E-state index is 13.5. The fourth-order valence-corrected chi connectivity index (χ4v) is 2.43. The Bertz CT molecular complexity index is 578. The summed E-state index contributed by atoms with van der Waals surface area (Å²) in [6.07, 6.45) is 0.217. The van der Waals surface area contributed by atoms with E-state index < -0.39 is 6.10 Å². The lowest BCUT2D eigenvalue weighted by Gasteiger charge is -2.13. The van der Waals surface area contributed by atoms with Crippen molar-refractivity contribution in [2.75, 3.05) is 0 Å². The van der Waals surface area contributed by atoms with Crippen molar-refractivity contribution in [1.29, 1.82) is 0 Å². The molecule has 0 aliphatic rings. The molecule has 20 heavy (non-hydrogen) atoms. The van der Waals surface area contributed by atoms with Crippen molar-refractivity contribution < 1.29 is 9.50 Å². The van der Waals surface area contributed by atoms with Crippen LogP contribution >= 0.6 is 15.9 Å². The highest BCUT2D eigenvalue weighted by Crippen LogP contribution is 2.26. The molecule has 1 N–H and O–H groups in total. The molecule has 0 heterocycles. The molecule has 0 saturated carbocycles. The number of benzene rings is 2. The topological polar surface area (TPSA) is 20.2 Å². The Morgan fingerprint density at radius 3 is 2.20 bits per heavy atom. The standard InChI is InChI=1S/C17H18BrFO/c1-11(2)9-12-3-5-13(6-4-12)17(20)14-7-8-15(18)16(19)10-14/h3-8,10-11,17,20H,9H2,1-2H3. The molecule has 1 nitrogen and oxygen atoms in total. The third-order valence-electron chi connectivity index (χ3n) is 3.20. The number of hydrogen-bond donors (Lipinski definition) is 1. The number of aliphatic hydroxyl groups is 1. The van der Waals surface area contributed by atoms with E-state index in [1.165, 1.54) is 11.6 Å². The number of rotatable bonds is 4. The first-order chi connectivity index (χ1) is 9.47. The van der Waals surface area contributed by atoms with Crippen LogP contribution in [0.2, 0.25) is 0 Å². The molecule has 2 aromatic carbocycles. The second-order valence-electron chi connectivity index (χ2n) is 5.42. The number of halogens is 2. The van der Waals surface area contributed by atoms with Gasteiger partial charge in [-0.1, -0.05) is 44.2 Å². The van der Waals surface area contributed by atoms with Crippen molar-refractivity contribution in [3.8, 4) is 0 Å². The highest BCUT2D eigenvalue weighted by molar-refractivity contribution is 9.10. The average molecular weight is 337 g/mol. The second-order valence-corrected chi connectivity index (χ2v) is 6.27. The van der Waals surface area contributed by atoms with Crippen LogP contribution in [0.15, 0.2) is 46.9 Å². The number of hydrogen-bond acceptors (Lipinski definition) is 1. The largest absolute Gasteiger partial charge is 0.384 e. The minimum absolute atomic E-state index is 0.363. The third-order valence-corrected chi connectivity index (χ3v) is 3.84. The van der Waals surface area contributed by atoms with Crippen LogP contribution in [-0.2, 0) is 6.42 Å². The van der Waals surface area contributed by atoms with E-state index in [-0.39, 0.29) is 5.82 Å². The van der Waals surface area contributed by atoms with Gasteiger partial charge in [-0.25, -0.2) is 4.39 Å². The van der Waals surface area contributed by atoms with Crippen molar-refractivity contribution in [2.45, 2.75) is 26.4 Å². The minimum atomic E-state index is -0.800. The quantitative estimate of drug-likeness (QED) is 0.844. The fraction of sp³-hybridized carbons (Fsp3) is 0.294. The lowest BCUT2D eigenvalue weighted by molar-refractivity contribution is 0.219. The lowest BCUT2D eigenvalue weighted by atomic mass is 9.97. The fourth-order valence-electron chi connectivity index (χ4n) is 2.18. The Kier molecular flexibility index (Phi) is 4.95. The van der Waals surface area contributed by atoms with Gasteiger partial charge in [-0.05, 0) is 57.1 Å². The Labute approximate surface area is 127 Å². The maximum atomic E-state index is 13.5. The van der Waals surface area contributed by atoms with Crippen LogP contribution in [0.5, 0.6) is 0 Å². The summed E-state index contributed by atoms with van der Waals surface area (Å²) < 4.78 is 13.9. The van der Waals surface area contributed by atoms with Crippen LogP contribution in [0.25, 0.3) is 0 Å². The van der Waals surface area contributed by atoms with E-state index in [0.717, 1.165) is 12.0 Å². The SMILES string of the molecule is CC(C)Cc1ccc(C(O)c2ccc(Br)c(F)c2)cc1. The van der Waals surface area contributed by atoms with Crippen molar-refractivity contribution in [3.63, 3.8) is 0 Å². The van der Waals surface area contributed by atoms with Gasteiger partial charge in [0.1, 0.15) is 11.9 Å². The van der Waals surface area contributed by atoms with Crippen LogP contribution in [0, 0.1) is 11.7 Å². The maximum Gasteiger partial charge on any atom is 0.137 e. The van der Waals surface area contributed by atoms with Crippen LogP contribution < -0.4 is 0 Å². The molecular weight excluding hydrogens is 319 g/mol. The van der Waals surface area contributed by atoms with Gasteiger partial charge in [-0.3, -0.25) is 0 Å². The van der Waals surface area contributed by atoms with Crippen LogP contribution in [0.3, 0.4) is 0 Å². The van der Waals surface area contributed by atoms with Crippen molar-refractivity contribution in [1.82, 2.24) is 0 Å². The lowest BCUT2D eigenvalue weighted by Crippen LogP contribution is -2.01. The molecule has 0 aromatic heterocycles. The molecule has 0 saturated heterocycles. The summed E-state index contributed by atoms with van der Waals surface area (Å²) in [7, 11) is 0. The van der Waals surface area contributed by atoms with E-state index in [1.807, 2.05) is 24.3 Å². The molecule has 0 aliphatic carbocycles. The predicted molar refractivity (Wildman–Crippen MR) is 83.1 cm³/mol. The van der Waals surface area contributed by atoms with E-state index in [2.05, 4.69) is 29.8 Å². The zero-order chi connectivity index (χ0) is 14.7. The molecule has 0 amide bonds. The van der Waals surface area contributed by atoms with Gasteiger partial charge in [0, 0.05) is 0 Å². The molecule has 0 fully saturated rings. The van der Waals surface area contributed by atoms with E-state index in [0.29, 0.717) is 16.0 Å². The monoisotopic (exact) mass is 336 g/mol. The van der Waals surface area contributed by atoms with Crippen LogP contribution in [-0.4, -0.2) is 5.11 Å². The number of aliphatic hydroxyl groups excluding tert-OH is 1. The zero-order valence-electron chi connectivity index (χ0n) is 11.6. The molecule has 1 atom stereocenters. The molecule has 0 bridgehead atoms. The van der Waals surface area contributed by atoms with Gasteiger partial charge in [-0.2, -0.15) is 0 Å². The van der Waals surface area contributed by atoms with Gasteiger partial charge in [0.25, 0.3) is 0 Å². The van der Waals surface area contributed by atoms with Crippen molar-refractivity contribution in [3.05, 3.63) is 69.4 Å². The summed E-state index contributed by atoms with van der Waals surface area (Å²) >= 11 is 3.11. The average Bonchev–Trinajstić information content (AvgIpc) is 2.41. The predicted octanol–water partition coefficient (Wildman–Crippen LogP) is 4.87. The van der Waals surface area contributed by atoms with Crippen LogP contribution in [0.1, 0.15) is 36.6 Å². The Hall–Kier alpha value is -1.19. The highest BCUT2D eigenvalue weighted by atomic mass is 79.9. The van der Waals surface area contributed by atoms with Crippen molar-refractivity contribution in [2.24, 2.45) is 5.92 Å². The summed E-state index contributed by atoms with van der Waals surface area (Å²) in [5.74, 6) is 0.240. The smallest absolute Gasteiger partial charge is 0.137 e. The molecular formula is C17H18BrFO. The second kappa shape index (κ2) is 6.51. The molecule has 2 aromatic rings. The first-order valence-corrected chi connectivity index (χ1v) is 7.48. The molecule has 0 spiro atoms. The molecule has 0 radical (unpaired) electrons. The van der Waals surface area contributed by atoms with E-state index in [1.54, 1.807) is 12.1 Å². The molecule has 0 aliphatic heterocycles. The minimum Gasteiger partial charge on any atom is -0.384 e. The first-order valence-electron chi connectivity index (χ1n) is 6.69. The molecule has 1 unspecified atom stereocenters. The first kappa shape index (κ1) is 15.2. The van der Waals surface area contributed by atoms with Gasteiger partial charge >= 0.3 is 0 Å². The summed E-state index contributed by atoms with van der Waals surface area (Å²) in [5, 5.41) is 10.3. The van der Waals surface area contributed by atoms with E-state index in [4.69, 9.17) is 0 Å². The van der Waals surface area contributed by atoms with Crippen molar-refractivity contribution >= 4 is 15.9 Å². The van der Waals surface area contributed by atoms with Crippen LogP contribution in [0.4, 0.5) is 4.39 Å². The van der Waals surface area contributed by atoms with Gasteiger partial charge in [0.15, 0.2) is 0 Å². The highest BCUT2D eigenvalue weighted by Gasteiger charge is 2.12. The zero-order valence-corrected chi connectivity index (χ0v) is 13.2. The normalized spacial score (nSPS) is 12.7. The Balaban J connectivity index is 2.20.